The van der Waals surface area contributed by atoms with Crippen LogP contribution in [0.4, 0.5) is 26.3 Å². The summed E-state index contributed by atoms with van der Waals surface area (Å²) < 4.78 is 82.8. The van der Waals surface area contributed by atoms with Gasteiger partial charge in [0.25, 0.3) is 0 Å². The highest BCUT2D eigenvalue weighted by molar-refractivity contribution is 5.88. The Hall–Kier alpha value is -2.30. The van der Waals surface area contributed by atoms with E-state index in [1.54, 1.807) is 0 Å². The first-order valence-electron chi connectivity index (χ1n) is 8.18. The van der Waals surface area contributed by atoms with E-state index < -0.39 is 42.0 Å². The van der Waals surface area contributed by atoms with Crippen molar-refractivity contribution in [3.63, 3.8) is 0 Å². The number of carbonyl (C=O) groups excluding carboxylic acids is 2. The van der Waals surface area contributed by atoms with Crippen LogP contribution in [0, 0.1) is 0 Å². The van der Waals surface area contributed by atoms with Gasteiger partial charge >= 0.3 is 12.4 Å². The molecule has 1 fully saturated rings. The zero-order valence-corrected chi connectivity index (χ0v) is 15.0. The van der Waals surface area contributed by atoms with Gasteiger partial charge in [0.05, 0.1) is 17.7 Å². The Balaban J connectivity index is 2.34. The lowest BCUT2D eigenvalue weighted by Crippen LogP contribution is -2.59. The van der Waals surface area contributed by atoms with Crippen LogP contribution in [0.3, 0.4) is 0 Å². The molecule has 1 aliphatic heterocycles. The van der Waals surface area contributed by atoms with E-state index in [-0.39, 0.29) is 37.2 Å². The van der Waals surface area contributed by atoms with Crippen molar-refractivity contribution in [1.29, 1.82) is 0 Å². The van der Waals surface area contributed by atoms with Crippen LogP contribution in [0.15, 0.2) is 18.2 Å². The van der Waals surface area contributed by atoms with Gasteiger partial charge in [-0.05, 0) is 23.8 Å². The minimum Gasteiger partial charge on any atom is -0.382 e. The number of ether oxygens (including phenoxy) is 1. The molecule has 0 spiro atoms. The lowest BCUT2D eigenvalue weighted by Gasteiger charge is -2.40. The van der Waals surface area contributed by atoms with Crippen molar-refractivity contribution < 1.29 is 40.7 Å². The van der Waals surface area contributed by atoms with E-state index in [4.69, 9.17) is 4.74 Å². The molecule has 1 aromatic carbocycles. The fourth-order valence-corrected chi connectivity index (χ4v) is 3.02. The summed E-state index contributed by atoms with van der Waals surface area (Å²) in [6.07, 6.45) is -9.93. The zero-order valence-electron chi connectivity index (χ0n) is 15.0. The van der Waals surface area contributed by atoms with Crippen LogP contribution in [0.25, 0.3) is 0 Å². The van der Waals surface area contributed by atoms with E-state index in [2.05, 4.69) is 0 Å². The van der Waals surface area contributed by atoms with E-state index in [1.165, 1.54) is 18.9 Å². The van der Waals surface area contributed by atoms with Crippen molar-refractivity contribution in [1.82, 2.24) is 9.80 Å². The van der Waals surface area contributed by atoms with Gasteiger partial charge in [0.2, 0.25) is 11.8 Å². The molecule has 1 heterocycles. The van der Waals surface area contributed by atoms with Crippen molar-refractivity contribution in [2.24, 2.45) is 0 Å². The molecular weight excluding hydrogens is 394 g/mol. The molecule has 0 unspecified atom stereocenters. The minimum atomic E-state index is -4.97. The third kappa shape index (κ3) is 4.94. The number of piperazine rings is 1. The molecule has 0 aliphatic carbocycles. The van der Waals surface area contributed by atoms with E-state index in [0.717, 1.165) is 4.90 Å². The highest BCUT2D eigenvalue weighted by Crippen LogP contribution is 2.36. The molecule has 0 N–H and O–H groups in total. The SMILES string of the molecule is COC[C@@H]1C(=O)N(Cc2cc(C(F)(F)F)cc(C(F)(F)F)c2)CCN1C(C)=O. The Bertz CT molecular complexity index is 715. The summed E-state index contributed by atoms with van der Waals surface area (Å²) >= 11 is 0. The Morgan fingerprint density at radius 2 is 1.61 bits per heavy atom. The van der Waals surface area contributed by atoms with E-state index in [1.807, 2.05) is 0 Å². The Morgan fingerprint density at radius 3 is 2.04 bits per heavy atom. The van der Waals surface area contributed by atoms with Crippen LogP contribution in [-0.4, -0.2) is 54.5 Å². The van der Waals surface area contributed by atoms with Gasteiger partial charge in [0, 0.05) is 33.7 Å². The molecule has 2 amide bonds. The summed E-state index contributed by atoms with van der Waals surface area (Å²) in [5.41, 5.74) is -3.19. The van der Waals surface area contributed by atoms with Crippen molar-refractivity contribution >= 4 is 11.8 Å². The molecule has 0 saturated carbocycles. The molecule has 0 bridgehead atoms. The first-order chi connectivity index (χ1) is 12.8. The highest BCUT2D eigenvalue weighted by atomic mass is 19.4. The van der Waals surface area contributed by atoms with E-state index >= 15 is 0 Å². The Kier molecular flexibility index (Phi) is 6.27. The number of benzene rings is 1. The molecule has 156 valence electrons. The van der Waals surface area contributed by atoms with Gasteiger partial charge in [-0.3, -0.25) is 9.59 Å². The predicted molar refractivity (Wildman–Crippen MR) is 84.9 cm³/mol. The smallest absolute Gasteiger partial charge is 0.382 e. The number of nitrogens with zero attached hydrogens (tertiary/aromatic N) is 2. The summed E-state index contributed by atoms with van der Waals surface area (Å²) in [7, 11) is 1.31. The predicted octanol–water partition coefficient (Wildman–Crippen LogP) is 2.93. The summed E-state index contributed by atoms with van der Waals surface area (Å²) in [5.74, 6) is -0.984. The molecule has 0 aromatic heterocycles. The van der Waals surface area contributed by atoms with Crippen molar-refractivity contribution in [2.75, 3.05) is 26.8 Å². The second-order valence-electron chi connectivity index (χ2n) is 6.36. The fraction of sp³-hybridized carbons (Fsp3) is 0.529. The summed E-state index contributed by atoms with van der Waals surface area (Å²) in [6, 6.07) is 0.229. The standard InChI is InChI=1S/C17H18F6N2O3/c1-10(26)25-4-3-24(15(27)14(25)9-28-2)8-11-5-12(16(18,19)20)7-13(6-11)17(21,22)23/h5-7,14H,3-4,8-9H2,1-2H3/t14-/m1/s1. The topological polar surface area (TPSA) is 49.9 Å². The van der Waals surface area contributed by atoms with Crippen LogP contribution in [0.1, 0.15) is 23.6 Å². The van der Waals surface area contributed by atoms with Crippen LogP contribution >= 0.6 is 0 Å². The van der Waals surface area contributed by atoms with Gasteiger partial charge in [0.15, 0.2) is 0 Å². The number of alkyl halides is 6. The maximum atomic E-state index is 13.0. The van der Waals surface area contributed by atoms with Crippen LogP contribution < -0.4 is 0 Å². The maximum absolute atomic E-state index is 13.0. The van der Waals surface area contributed by atoms with Crippen LogP contribution in [0.2, 0.25) is 0 Å². The first-order valence-corrected chi connectivity index (χ1v) is 8.18. The molecule has 0 radical (unpaired) electrons. The molecule has 1 aliphatic rings. The average molecular weight is 412 g/mol. The second-order valence-corrected chi connectivity index (χ2v) is 6.36. The number of hydrogen-bond acceptors (Lipinski definition) is 3. The van der Waals surface area contributed by atoms with Gasteiger partial charge in [-0.1, -0.05) is 0 Å². The van der Waals surface area contributed by atoms with E-state index in [0.29, 0.717) is 12.1 Å². The Labute approximate surface area is 156 Å². The summed E-state index contributed by atoms with van der Waals surface area (Å²) in [6.45, 7) is 0.757. The molecule has 1 aromatic rings. The van der Waals surface area contributed by atoms with Crippen molar-refractivity contribution in [3.05, 3.63) is 34.9 Å². The molecule has 28 heavy (non-hydrogen) atoms. The average Bonchev–Trinajstić information content (AvgIpc) is 2.56. The van der Waals surface area contributed by atoms with Gasteiger partial charge in [-0.15, -0.1) is 0 Å². The number of hydrogen-bond donors (Lipinski definition) is 0. The fourth-order valence-electron chi connectivity index (χ4n) is 3.02. The molecule has 5 nitrogen and oxygen atoms in total. The monoisotopic (exact) mass is 412 g/mol. The van der Waals surface area contributed by atoms with Crippen molar-refractivity contribution in [2.45, 2.75) is 31.9 Å². The quantitative estimate of drug-likeness (QED) is 0.715. The van der Waals surface area contributed by atoms with Crippen LogP contribution in [0.5, 0.6) is 0 Å². The maximum Gasteiger partial charge on any atom is 0.416 e. The largest absolute Gasteiger partial charge is 0.416 e. The van der Waals surface area contributed by atoms with Gasteiger partial charge in [0.1, 0.15) is 6.04 Å². The lowest BCUT2D eigenvalue weighted by molar-refractivity contribution is -0.153. The molecular formula is C17H18F6N2O3. The summed E-state index contributed by atoms with van der Waals surface area (Å²) in [4.78, 5) is 26.6. The van der Waals surface area contributed by atoms with Gasteiger partial charge in [-0.25, -0.2) is 0 Å². The molecule has 11 heteroatoms. The zero-order chi connectivity index (χ0) is 21.3. The number of amides is 2. The summed E-state index contributed by atoms with van der Waals surface area (Å²) in [5, 5.41) is 0. The number of halogens is 6. The number of rotatable bonds is 4. The highest BCUT2D eigenvalue weighted by Gasteiger charge is 2.39. The normalized spacial score (nSPS) is 18.6. The van der Waals surface area contributed by atoms with Crippen LogP contribution in [-0.2, 0) is 33.2 Å². The Morgan fingerprint density at radius 1 is 1.07 bits per heavy atom. The van der Waals surface area contributed by atoms with Crippen molar-refractivity contribution in [3.8, 4) is 0 Å². The van der Waals surface area contributed by atoms with Gasteiger partial charge < -0.3 is 14.5 Å². The minimum absolute atomic E-state index is 0.0176. The third-order valence-electron chi connectivity index (χ3n) is 4.33. The number of methoxy groups -OCH3 is 1. The molecule has 1 atom stereocenters. The van der Waals surface area contributed by atoms with Gasteiger partial charge in [-0.2, -0.15) is 26.3 Å². The molecule has 1 saturated heterocycles. The molecule has 2 rings (SSSR count). The number of carbonyl (C=O) groups is 2. The van der Waals surface area contributed by atoms with E-state index in [9.17, 15) is 35.9 Å². The lowest BCUT2D eigenvalue weighted by atomic mass is 10.0. The second kappa shape index (κ2) is 7.98. The first kappa shape index (κ1) is 22.0. The third-order valence-corrected chi connectivity index (χ3v) is 4.33.